The van der Waals surface area contributed by atoms with Gasteiger partial charge in [-0.2, -0.15) is 0 Å². The van der Waals surface area contributed by atoms with Gasteiger partial charge in [0.05, 0.1) is 18.5 Å². The summed E-state index contributed by atoms with van der Waals surface area (Å²) in [5, 5.41) is 2.94. The summed E-state index contributed by atoms with van der Waals surface area (Å²) in [5.74, 6) is 0.674. The Morgan fingerprint density at radius 3 is 2.74 bits per heavy atom. The summed E-state index contributed by atoms with van der Waals surface area (Å²) in [6.45, 7) is 1.99. The van der Waals surface area contributed by atoms with E-state index >= 15 is 0 Å². The predicted octanol–water partition coefficient (Wildman–Crippen LogP) is 1.81. The zero-order chi connectivity index (χ0) is 14.3. The van der Waals surface area contributed by atoms with Crippen LogP contribution in [0.25, 0.3) is 0 Å². The monoisotopic (exact) mass is 280 g/mol. The van der Waals surface area contributed by atoms with Crippen LogP contribution in [0.4, 0.5) is 0 Å². The van der Waals surface area contributed by atoms with Gasteiger partial charge in [-0.3, -0.25) is 4.79 Å². The summed E-state index contributed by atoms with van der Waals surface area (Å²) in [4.78, 5) is 12.4. The highest BCUT2D eigenvalue weighted by Gasteiger charge is 2.13. The normalized spacial score (nSPS) is 11.7. The van der Waals surface area contributed by atoms with Gasteiger partial charge in [0.25, 0.3) is 0 Å². The van der Waals surface area contributed by atoms with Crippen molar-refractivity contribution in [1.82, 2.24) is 5.32 Å². The molecule has 0 fully saturated rings. The molecule has 0 heterocycles. The predicted molar refractivity (Wildman–Crippen MR) is 80.3 cm³/mol. The molecule has 19 heavy (non-hydrogen) atoms. The lowest BCUT2D eigenvalue weighted by molar-refractivity contribution is -0.121. The first kappa shape index (κ1) is 15.4. The summed E-state index contributed by atoms with van der Waals surface area (Å²) in [6, 6.07) is 7.49. The molecule has 0 spiro atoms. The quantitative estimate of drug-likeness (QED) is 0.748. The molecule has 0 aliphatic heterocycles. The number of hydrogen-bond acceptors (Lipinski definition) is 3. The van der Waals surface area contributed by atoms with Crippen LogP contribution in [-0.2, 0) is 11.2 Å². The average molecular weight is 280 g/mol. The summed E-state index contributed by atoms with van der Waals surface area (Å²) in [7, 11) is 1.60. The van der Waals surface area contributed by atoms with E-state index in [4.69, 9.17) is 22.7 Å². The van der Waals surface area contributed by atoms with E-state index in [2.05, 4.69) is 5.32 Å². The highest BCUT2D eigenvalue weighted by atomic mass is 32.1. The van der Waals surface area contributed by atoms with Gasteiger partial charge in [-0.05, 0) is 12.5 Å². The summed E-state index contributed by atoms with van der Waals surface area (Å²) in [5.41, 5.74) is 6.37. The SMILES string of the molecule is CCC(CC(N)=S)NC(=O)Cc1ccccc1OC. The van der Waals surface area contributed by atoms with Crippen LogP contribution in [0, 0.1) is 0 Å². The second-order valence-electron chi connectivity index (χ2n) is 4.33. The first-order valence-corrected chi connectivity index (χ1v) is 6.67. The van der Waals surface area contributed by atoms with E-state index in [0.29, 0.717) is 11.4 Å². The van der Waals surface area contributed by atoms with E-state index in [9.17, 15) is 4.79 Å². The third kappa shape index (κ3) is 5.26. The van der Waals surface area contributed by atoms with Gasteiger partial charge in [-0.25, -0.2) is 0 Å². The molecule has 0 aliphatic carbocycles. The van der Waals surface area contributed by atoms with Gasteiger partial charge in [-0.1, -0.05) is 37.3 Å². The van der Waals surface area contributed by atoms with E-state index in [1.807, 2.05) is 31.2 Å². The zero-order valence-electron chi connectivity index (χ0n) is 11.3. The number of carbonyl (C=O) groups is 1. The molecule has 0 bridgehead atoms. The molecule has 0 saturated carbocycles. The highest BCUT2D eigenvalue weighted by Crippen LogP contribution is 2.17. The Labute approximate surface area is 119 Å². The van der Waals surface area contributed by atoms with Gasteiger partial charge >= 0.3 is 0 Å². The van der Waals surface area contributed by atoms with E-state index in [1.54, 1.807) is 7.11 Å². The molecular weight excluding hydrogens is 260 g/mol. The number of para-hydroxylation sites is 1. The Balaban J connectivity index is 2.61. The Morgan fingerprint density at radius 2 is 2.16 bits per heavy atom. The van der Waals surface area contributed by atoms with Crippen molar-refractivity contribution in [3.8, 4) is 5.75 Å². The number of nitrogens with two attached hydrogens (primary N) is 1. The first-order chi connectivity index (χ1) is 9.06. The van der Waals surface area contributed by atoms with Gasteiger partial charge in [-0.15, -0.1) is 0 Å². The van der Waals surface area contributed by atoms with Crippen LogP contribution in [0.2, 0.25) is 0 Å². The molecule has 0 radical (unpaired) electrons. The minimum Gasteiger partial charge on any atom is -0.496 e. The van der Waals surface area contributed by atoms with E-state index < -0.39 is 0 Å². The van der Waals surface area contributed by atoms with Crippen molar-refractivity contribution in [3.63, 3.8) is 0 Å². The molecular formula is C14H20N2O2S. The molecule has 4 nitrogen and oxygen atoms in total. The third-order valence-electron chi connectivity index (χ3n) is 2.85. The Bertz CT molecular complexity index is 449. The number of rotatable bonds is 7. The van der Waals surface area contributed by atoms with Crippen LogP contribution in [0.3, 0.4) is 0 Å². The number of amides is 1. The fourth-order valence-electron chi connectivity index (χ4n) is 1.84. The molecule has 104 valence electrons. The number of thiocarbonyl (C=S) groups is 1. The van der Waals surface area contributed by atoms with Gasteiger partial charge in [0.2, 0.25) is 5.91 Å². The van der Waals surface area contributed by atoms with Gasteiger partial charge in [0.1, 0.15) is 5.75 Å². The lowest BCUT2D eigenvalue weighted by atomic mass is 10.1. The number of hydrogen-bond donors (Lipinski definition) is 2. The highest BCUT2D eigenvalue weighted by molar-refractivity contribution is 7.80. The Hall–Kier alpha value is -1.62. The van der Waals surface area contributed by atoms with E-state index in [0.717, 1.165) is 17.7 Å². The lowest BCUT2D eigenvalue weighted by Crippen LogP contribution is -2.37. The molecule has 3 N–H and O–H groups in total. The topological polar surface area (TPSA) is 64.3 Å². The maximum Gasteiger partial charge on any atom is 0.224 e. The molecule has 0 saturated heterocycles. The van der Waals surface area contributed by atoms with Crippen molar-refractivity contribution in [2.24, 2.45) is 5.73 Å². The molecule has 0 aliphatic rings. The average Bonchev–Trinajstić information content (AvgIpc) is 2.38. The van der Waals surface area contributed by atoms with Crippen molar-refractivity contribution in [2.45, 2.75) is 32.2 Å². The van der Waals surface area contributed by atoms with Crippen LogP contribution >= 0.6 is 12.2 Å². The second-order valence-corrected chi connectivity index (χ2v) is 4.86. The number of methoxy groups -OCH3 is 1. The lowest BCUT2D eigenvalue weighted by Gasteiger charge is -2.16. The van der Waals surface area contributed by atoms with Crippen molar-refractivity contribution in [1.29, 1.82) is 0 Å². The van der Waals surface area contributed by atoms with Crippen LogP contribution in [0.1, 0.15) is 25.3 Å². The molecule has 5 heteroatoms. The Kier molecular flexibility index (Phi) is 6.29. The second kappa shape index (κ2) is 7.74. The molecule has 1 unspecified atom stereocenters. The smallest absolute Gasteiger partial charge is 0.224 e. The number of carbonyl (C=O) groups excluding carboxylic acids is 1. The summed E-state index contributed by atoms with van der Waals surface area (Å²) in [6.07, 6.45) is 1.62. The summed E-state index contributed by atoms with van der Waals surface area (Å²) < 4.78 is 5.22. The van der Waals surface area contributed by atoms with Crippen LogP contribution < -0.4 is 15.8 Å². The minimum atomic E-state index is -0.0485. The molecule has 1 atom stereocenters. The third-order valence-corrected chi connectivity index (χ3v) is 3.02. The maximum atomic E-state index is 12.0. The summed E-state index contributed by atoms with van der Waals surface area (Å²) >= 11 is 4.87. The maximum absolute atomic E-state index is 12.0. The molecule has 1 rings (SSSR count). The van der Waals surface area contributed by atoms with Crippen LogP contribution in [0.5, 0.6) is 5.75 Å². The first-order valence-electron chi connectivity index (χ1n) is 6.26. The van der Waals surface area contributed by atoms with Crippen molar-refractivity contribution in [2.75, 3.05) is 7.11 Å². The zero-order valence-corrected chi connectivity index (χ0v) is 12.1. The van der Waals surface area contributed by atoms with E-state index in [-0.39, 0.29) is 18.4 Å². The fraction of sp³-hybridized carbons (Fsp3) is 0.429. The number of ether oxygens (including phenoxy) is 1. The van der Waals surface area contributed by atoms with Gasteiger partial charge < -0.3 is 15.8 Å². The van der Waals surface area contributed by atoms with Gasteiger partial charge in [0.15, 0.2) is 0 Å². The fourth-order valence-corrected chi connectivity index (χ4v) is 2.04. The number of benzene rings is 1. The van der Waals surface area contributed by atoms with Crippen molar-refractivity contribution < 1.29 is 9.53 Å². The Morgan fingerprint density at radius 1 is 1.47 bits per heavy atom. The molecule has 1 aromatic rings. The molecule has 1 amide bonds. The van der Waals surface area contributed by atoms with Crippen molar-refractivity contribution >= 4 is 23.1 Å². The van der Waals surface area contributed by atoms with Crippen LogP contribution in [0.15, 0.2) is 24.3 Å². The molecule has 1 aromatic carbocycles. The number of nitrogens with one attached hydrogen (secondary N) is 1. The standard InChI is InChI=1S/C14H20N2O2S/c1-3-11(9-13(15)19)16-14(17)8-10-6-4-5-7-12(10)18-2/h4-7,11H,3,8-9H2,1-2H3,(H2,15,19)(H,16,17). The largest absolute Gasteiger partial charge is 0.496 e. The molecule has 0 aromatic heterocycles. The van der Waals surface area contributed by atoms with Gasteiger partial charge in [0, 0.05) is 18.0 Å². The van der Waals surface area contributed by atoms with E-state index in [1.165, 1.54) is 0 Å². The van der Waals surface area contributed by atoms with Crippen molar-refractivity contribution in [3.05, 3.63) is 29.8 Å². The van der Waals surface area contributed by atoms with Crippen LogP contribution in [-0.4, -0.2) is 24.0 Å². The minimum absolute atomic E-state index is 0.000271.